The molecule has 2 amide bonds. The maximum absolute atomic E-state index is 16.2. The number of benzene rings is 2. The number of anilines is 4. The van der Waals surface area contributed by atoms with Crippen LogP contribution >= 0.6 is 0 Å². The number of hydrogen-bond donors (Lipinski definition) is 3. The molecule has 2 aliphatic heterocycles. The van der Waals surface area contributed by atoms with Crippen molar-refractivity contribution in [1.29, 1.82) is 0 Å². The van der Waals surface area contributed by atoms with E-state index in [-0.39, 0.29) is 25.3 Å². The second-order valence-electron chi connectivity index (χ2n) is 14.4. The summed E-state index contributed by atoms with van der Waals surface area (Å²) in [5.74, 6) is 0.915. The summed E-state index contributed by atoms with van der Waals surface area (Å²) in [4.78, 5) is 37.5. The first-order valence-corrected chi connectivity index (χ1v) is 16.6. The first-order valence-electron chi connectivity index (χ1n) is 16.6. The van der Waals surface area contributed by atoms with Crippen LogP contribution in [0.4, 0.5) is 32.3 Å². The van der Waals surface area contributed by atoms with Crippen molar-refractivity contribution in [1.82, 2.24) is 29.5 Å². The number of nitrogens with one attached hydrogen (secondary N) is 2. The van der Waals surface area contributed by atoms with Gasteiger partial charge in [0.15, 0.2) is 17.1 Å². The van der Waals surface area contributed by atoms with Gasteiger partial charge in [-0.3, -0.25) is 4.79 Å². The second-order valence-corrected chi connectivity index (χ2v) is 14.4. The molecule has 12 heteroatoms. The number of carbonyl (C=O) groups excluding carboxylic acids is 1. The predicted octanol–water partition coefficient (Wildman–Crippen LogP) is 7.07. The van der Waals surface area contributed by atoms with Gasteiger partial charge in [-0.25, -0.2) is 18.9 Å². The zero-order valence-corrected chi connectivity index (χ0v) is 28.5. The lowest BCUT2D eigenvalue weighted by Gasteiger charge is -2.47. The molecule has 2 aliphatic rings. The van der Waals surface area contributed by atoms with E-state index in [9.17, 15) is 14.7 Å². The van der Waals surface area contributed by atoms with Crippen LogP contribution in [-0.4, -0.2) is 78.0 Å². The smallest absolute Gasteiger partial charge is 0.407 e. The Labute approximate surface area is 280 Å². The summed E-state index contributed by atoms with van der Waals surface area (Å²) in [5.41, 5.74) is 3.47. The Kier molecular flexibility index (Phi) is 8.78. The van der Waals surface area contributed by atoms with Crippen LogP contribution in [0.5, 0.6) is 0 Å². The minimum Gasteiger partial charge on any atom is -0.465 e. The highest BCUT2D eigenvalue weighted by Crippen LogP contribution is 2.41. The van der Waals surface area contributed by atoms with Gasteiger partial charge in [0.2, 0.25) is 5.95 Å². The summed E-state index contributed by atoms with van der Waals surface area (Å²) in [6.07, 6.45) is 1.95. The topological polar surface area (TPSA) is 129 Å². The number of hydrogen-bond acceptors (Lipinski definition) is 7. The van der Waals surface area contributed by atoms with Crippen molar-refractivity contribution in [3.8, 4) is 0 Å². The van der Waals surface area contributed by atoms with Crippen LogP contribution in [0.1, 0.15) is 69.1 Å². The Morgan fingerprint density at radius 1 is 1.00 bits per heavy atom. The zero-order chi connectivity index (χ0) is 34.4. The Bertz CT molecular complexity index is 1810. The van der Waals surface area contributed by atoms with Crippen LogP contribution in [0.3, 0.4) is 0 Å². The van der Waals surface area contributed by atoms with E-state index in [0.29, 0.717) is 30.5 Å². The van der Waals surface area contributed by atoms with E-state index in [4.69, 9.17) is 4.98 Å². The molecule has 2 atom stereocenters. The number of likely N-dealkylation sites (tertiary alicyclic amines) is 2. The number of aromatic nitrogens is 4. The number of carboxylic acid groups (broad SMARTS) is 1. The third kappa shape index (κ3) is 6.52. The zero-order valence-electron chi connectivity index (χ0n) is 28.5. The molecule has 2 aromatic heterocycles. The predicted molar refractivity (Wildman–Crippen MR) is 185 cm³/mol. The van der Waals surface area contributed by atoms with E-state index >= 15 is 4.39 Å². The fourth-order valence-corrected chi connectivity index (χ4v) is 7.16. The lowest BCUT2D eigenvalue weighted by Crippen LogP contribution is -2.60. The molecule has 0 spiro atoms. The van der Waals surface area contributed by atoms with Crippen LogP contribution in [0.2, 0.25) is 0 Å². The normalized spacial score (nSPS) is 20.6. The van der Waals surface area contributed by atoms with Gasteiger partial charge in [0.25, 0.3) is 5.91 Å². The van der Waals surface area contributed by atoms with E-state index in [1.54, 1.807) is 15.8 Å². The Balaban J connectivity index is 1.07. The monoisotopic (exact) mass is 656 g/mol. The Morgan fingerprint density at radius 3 is 2.29 bits per heavy atom. The molecule has 2 aromatic carbocycles. The molecule has 2 fully saturated rings. The van der Waals surface area contributed by atoms with Crippen molar-refractivity contribution >= 4 is 46.2 Å². The highest BCUT2D eigenvalue weighted by molar-refractivity contribution is 5.90. The maximum Gasteiger partial charge on any atom is 0.407 e. The number of carbonyl (C=O) groups is 2. The average molecular weight is 657 g/mol. The first-order chi connectivity index (χ1) is 22.7. The second kappa shape index (κ2) is 12.7. The summed E-state index contributed by atoms with van der Waals surface area (Å²) in [7, 11) is 1.86. The molecule has 0 bridgehead atoms. The van der Waals surface area contributed by atoms with Crippen LogP contribution in [-0.2, 0) is 11.8 Å². The van der Waals surface area contributed by atoms with E-state index in [2.05, 4.69) is 58.8 Å². The van der Waals surface area contributed by atoms with Gasteiger partial charge in [0.1, 0.15) is 0 Å². The van der Waals surface area contributed by atoms with Crippen LogP contribution in [0.25, 0.3) is 11.0 Å². The molecular weight excluding hydrogens is 611 g/mol. The van der Waals surface area contributed by atoms with Gasteiger partial charge in [0, 0.05) is 63.1 Å². The highest BCUT2D eigenvalue weighted by Gasteiger charge is 2.52. The standard InChI is InChI=1S/C36H45FN8O3/c1-22-8-7-9-23(2)29(22)40-30-27-21-38-33(41-31(27)43(6)42-30)39-26-12-10-24(11-13-26)25-14-17-44(18-15-25)32(46)36(37)16-19-45(34(47)48)28(20-36)35(3,4)5/h7-13,21,25,28H,14-20H2,1-6H3,(H,40,42)(H,47,48)(H,38,39,41). The molecule has 3 N–H and O–H groups in total. The lowest BCUT2D eigenvalue weighted by molar-refractivity contribution is -0.151. The molecule has 11 nitrogen and oxygen atoms in total. The van der Waals surface area contributed by atoms with Gasteiger partial charge < -0.3 is 25.5 Å². The number of piperidine rings is 2. The van der Waals surface area contributed by atoms with Crippen LogP contribution in [0, 0.1) is 19.3 Å². The van der Waals surface area contributed by atoms with Crippen LogP contribution < -0.4 is 10.6 Å². The molecule has 48 heavy (non-hydrogen) atoms. The average Bonchev–Trinajstić information content (AvgIpc) is 3.36. The minimum absolute atomic E-state index is 0.0171. The van der Waals surface area contributed by atoms with Crippen molar-refractivity contribution in [3.05, 3.63) is 65.4 Å². The van der Waals surface area contributed by atoms with Crippen molar-refractivity contribution < 1.29 is 19.1 Å². The largest absolute Gasteiger partial charge is 0.465 e. The third-order valence-electron chi connectivity index (χ3n) is 10.00. The summed E-state index contributed by atoms with van der Waals surface area (Å²) >= 11 is 0. The number of alkyl halides is 1. The molecule has 2 unspecified atom stereocenters. The molecule has 4 aromatic rings. The molecule has 0 saturated carbocycles. The van der Waals surface area contributed by atoms with E-state index in [0.717, 1.165) is 46.3 Å². The fraction of sp³-hybridized carbons (Fsp3) is 0.472. The van der Waals surface area contributed by atoms with E-state index in [1.165, 1.54) is 4.90 Å². The Morgan fingerprint density at radius 2 is 1.67 bits per heavy atom. The number of para-hydroxylation sites is 1. The molecular formula is C36H45FN8O3. The summed E-state index contributed by atoms with van der Waals surface area (Å²) < 4.78 is 17.9. The number of rotatable bonds is 6. The summed E-state index contributed by atoms with van der Waals surface area (Å²) in [5, 5.41) is 21.9. The molecule has 0 aliphatic carbocycles. The molecule has 6 rings (SSSR count). The van der Waals surface area contributed by atoms with E-state index in [1.807, 2.05) is 46.0 Å². The SMILES string of the molecule is Cc1cccc(C)c1Nc1nn(C)c2nc(Nc3ccc(C4CCN(C(=O)C5(F)CCN(C(=O)O)C(C(C)(C)C)C5)CC4)cc3)ncc12. The van der Waals surface area contributed by atoms with Crippen molar-refractivity contribution in [2.75, 3.05) is 30.3 Å². The fourth-order valence-electron chi connectivity index (χ4n) is 7.16. The quantitative estimate of drug-likeness (QED) is 0.201. The van der Waals surface area contributed by atoms with Crippen molar-refractivity contribution in [3.63, 3.8) is 0 Å². The number of amides is 2. The molecule has 2 saturated heterocycles. The van der Waals surface area contributed by atoms with Gasteiger partial charge in [-0.2, -0.15) is 10.1 Å². The lowest BCUT2D eigenvalue weighted by atomic mass is 9.75. The molecule has 254 valence electrons. The van der Waals surface area contributed by atoms with Gasteiger partial charge in [-0.05, 0) is 66.8 Å². The summed E-state index contributed by atoms with van der Waals surface area (Å²) in [6.45, 7) is 10.8. The van der Waals surface area contributed by atoms with E-state index < -0.39 is 29.1 Å². The third-order valence-corrected chi connectivity index (χ3v) is 10.00. The first kappa shape index (κ1) is 33.2. The van der Waals surface area contributed by atoms with Gasteiger partial charge in [-0.15, -0.1) is 0 Å². The molecule has 4 heterocycles. The van der Waals surface area contributed by atoms with Crippen LogP contribution in [0.15, 0.2) is 48.7 Å². The van der Waals surface area contributed by atoms with Gasteiger partial charge in [-0.1, -0.05) is 51.1 Å². The number of nitrogens with zero attached hydrogens (tertiary/aromatic N) is 6. The van der Waals surface area contributed by atoms with Gasteiger partial charge >= 0.3 is 6.09 Å². The number of aryl methyl sites for hydroxylation is 3. The number of halogens is 1. The highest BCUT2D eigenvalue weighted by atomic mass is 19.1. The van der Waals surface area contributed by atoms with Gasteiger partial charge in [0.05, 0.1) is 5.39 Å². The Hall–Kier alpha value is -4.74. The molecule has 0 radical (unpaired) electrons. The van der Waals surface area contributed by atoms with Crippen molar-refractivity contribution in [2.24, 2.45) is 12.5 Å². The van der Waals surface area contributed by atoms with Crippen molar-refractivity contribution in [2.45, 2.75) is 77.9 Å². The minimum atomic E-state index is -2.05. The number of fused-ring (bicyclic) bond motifs is 1. The summed E-state index contributed by atoms with van der Waals surface area (Å²) in [6, 6.07) is 13.7. The maximum atomic E-state index is 16.2.